The highest BCUT2D eigenvalue weighted by molar-refractivity contribution is 14.0. The number of aryl methyl sites for hydroxylation is 1. The van der Waals surface area contributed by atoms with Crippen molar-refractivity contribution in [3.63, 3.8) is 0 Å². The van der Waals surface area contributed by atoms with E-state index in [4.69, 9.17) is 10.5 Å². The summed E-state index contributed by atoms with van der Waals surface area (Å²) in [5, 5.41) is 8.92. The monoisotopic (exact) mass is 539 g/mol. The first kappa shape index (κ1) is 26.2. The number of carbonyl (C=O) groups is 2. The molecule has 31 heavy (non-hydrogen) atoms. The van der Waals surface area contributed by atoms with Crippen LogP contribution in [0.15, 0.2) is 53.5 Å². The van der Waals surface area contributed by atoms with Gasteiger partial charge in [0.25, 0.3) is 5.91 Å². The summed E-state index contributed by atoms with van der Waals surface area (Å²) in [5.41, 5.74) is 7.62. The maximum atomic E-state index is 11.9. The fourth-order valence-electron chi connectivity index (χ4n) is 2.65. The van der Waals surface area contributed by atoms with Gasteiger partial charge >= 0.3 is 0 Å². The molecule has 2 amide bonds. The van der Waals surface area contributed by atoms with Crippen molar-refractivity contribution in [2.75, 3.05) is 20.1 Å². The van der Waals surface area contributed by atoms with Crippen molar-refractivity contribution in [3.8, 4) is 5.75 Å². The molecule has 0 radical (unpaired) electrons. The number of nitrogens with two attached hydrogens (primary N) is 1. The highest BCUT2D eigenvalue weighted by atomic mass is 127. The number of amides is 2. The molecule has 1 unspecified atom stereocenters. The third-order valence-corrected chi connectivity index (χ3v) is 4.21. The first-order valence-corrected chi connectivity index (χ1v) is 9.70. The molecule has 0 saturated carbocycles. The number of guanidine groups is 1. The number of primary amides is 1. The zero-order valence-electron chi connectivity index (χ0n) is 18.0. The molecule has 0 aliphatic carbocycles. The Morgan fingerprint density at radius 3 is 2.42 bits per heavy atom. The Labute approximate surface area is 200 Å². The van der Waals surface area contributed by atoms with Crippen molar-refractivity contribution in [1.29, 1.82) is 0 Å². The van der Waals surface area contributed by atoms with E-state index in [1.807, 2.05) is 50.2 Å². The number of halogens is 1. The number of aliphatic imine (C=N–C) groups is 1. The predicted octanol–water partition coefficient (Wildman–Crippen LogP) is 1.96. The Hall–Kier alpha value is -2.82. The quantitative estimate of drug-likeness (QED) is 0.221. The van der Waals surface area contributed by atoms with Crippen LogP contribution in [0.5, 0.6) is 5.75 Å². The predicted molar refractivity (Wildman–Crippen MR) is 133 cm³/mol. The van der Waals surface area contributed by atoms with E-state index in [9.17, 15) is 9.59 Å². The molecule has 9 heteroatoms. The zero-order chi connectivity index (χ0) is 21.9. The molecule has 0 bridgehead atoms. The number of nitrogens with one attached hydrogen (secondary N) is 3. The normalized spacial score (nSPS) is 11.6. The molecule has 168 valence electrons. The largest absolute Gasteiger partial charge is 0.489 e. The van der Waals surface area contributed by atoms with E-state index in [0.717, 1.165) is 16.9 Å². The van der Waals surface area contributed by atoms with Gasteiger partial charge in [0.2, 0.25) is 5.91 Å². The summed E-state index contributed by atoms with van der Waals surface area (Å²) in [7, 11) is 1.70. The maximum Gasteiger partial charge on any atom is 0.251 e. The van der Waals surface area contributed by atoms with Gasteiger partial charge in [0.05, 0.1) is 13.1 Å². The lowest BCUT2D eigenvalue weighted by Gasteiger charge is -2.18. The van der Waals surface area contributed by atoms with Gasteiger partial charge in [-0.3, -0.25) is 14.6 Å². The first-order chi connectivity index (χ1) is 14.4. The molecule has 0 heterocycles. The lowest BCUT2D eigenvalue weighted by molar-refractivity contribution is -0.117. The highest BCUT2D eigenvalue weighted by Gasteiger charge is 2.08. The van der Waals surface area contributed by atoms with Crippen molar-refractivity contribution in [2.24, 2.45) is 10.7 Å². The Balaban J connectivity index is 0.00000480. The SMILES string of the molecule is CN=C(NCc1ccc(C(=O)NCC(N)=O)cc1)NCC(C)Oc1cccc(C)c1.I. The minimum Gasteiger partial charge on any atom is -0.489 e. The number of carbonyl (C=O) groups excluding carboxylic acids is 2. The molecule has 0 saturated heterocycles. The average molecular weight is 539 g/mol. The second-order valence-electron chi connectivity index (χ2n) is 6.90. The standard InChI is InChI=1S/C22H29N5O3.HI/c1-15-5-4-6-19(11-15)30-16(2)12-26-22(24-3)27-13-17-7-9-18(10-8-17)21(29)25-14-20(23)28;/h4-11,16H,12-14H2,1-3H3,(H2,23,28)(H,25,29)(H2,24,26,27);1H. The Bertz CT molecular complexity index is 887. The lowest BCUT2D eigenvalue weighted by atomic mass is 10.1. The van der Waals surface area contributed by atoms with E-state index in [0.29, 0.717) is 24.6 Å². The molecule has 0 spiro atoms. The van der Waals surface area contributed by atoms with Crippen LogP contribution in [0.4, 0.5) is 0 Å². The van der Waals surface area contributed by atoms with Gasteiger partial charge in [-0.05, 0) is 49.2 Å². The number of hydrogen-bond donors (Lipinski definition) is 4. The van der Waals surface area contributed by atoms with Crippen LogP contribution >= 0.6 is 24.0 Å². The molecular weight excluding hydrogens is 509 g/mol. The van der Waals surface area contributed by atoms with E-state index in [2.05, 4.69) is 20.9 Å². The van der Waals surface area contributed by atoms with Crippen LogP contribution < -0.4 is 26.4 Å². The molecule has 5 N–H and O–H groups in total. The summed E-state index contributed by atoms with van der Waals surface area (Å²) < 4.78 is 5.91. The minimum atomic E-state index is -0.582. The Morgan fingerprint density at radius 2 is 1.81 bits per heavy atom. The smallest absolute Gasteiger partial charge is 0.251 e. The van der Waals surface area contributed by atoms with Gasteiger partial charge in [0, 0.05) is 19.2 Å². The summed E-state index contributed by atoms with van der Waals surface area (Å²) in [4.78, 5) is 26.9. The van der Waals surface area contributed by atoms with Crippen LogP contribution in [0, 0.1) is 6.92 Å². The molecule has 2 aromatic rings. The Morgan fingerprint density at radius 1 is 1.10 bits per heavy atom. The van der Waals surface area contributed by atoms with Crippen molar-refractivity contribution in [3.05, 3.63) is 65.2 Å². The topological polar surface area (TPSA) is 118 Å². The molecule has 1 atom stereocenters. The number of nitrogens with zero attached hydrogens (tertiary/aromatic N) is 1. The lowest BCUT2D eigenvalue weighted by Crippen LogP contribution is -2.41. The van der Waals surface area contributed by atoms with E-state index in [1.54, 1.807) is 19.2 Å². The van der Waals surface area contributed by atoms with E-state index < -0.39 is 5.91 Å². The Kier molecular flexibility index (Phi) is 11.4. The average Bonchev–Trinajstić information content (AvgIpc) is 2.72. The van der Waals surface area contributed by atoms with Crippen LogP contribution in [0.3, 0.4) is 0 Å². The van der Waals surface area contributed by atoms with Gasteiger partial charge in [-0.15, -0.1) is 24.0 Å². The molecular formula is C22H30IN5O3. The van der Waals surface area contributed by atoms with Crippen LogP contribution in [0.2, 0.25) is 0 Å². The second kappa shape index (κ2) is 13.5. The summed E-state index contributed by atoms with van der Waals surface area (Å²) in [6, 6.07) is 15.0. The highest BCUT2D eigenvalue weighted by Crippen LogP contribution is 2.13. The minimum absolute atomic E-state index is 0. The van der Waals surface area contributed by atoms with Crippen molar-refractivity contribution < 1.29 is 14.3 Å². The molecule has 2 rings (SSSR count). The molecule has 0 aromatic heterocycles. The van der Waals surface area contributed by atoms with Gasteiger partial charge in [0.1, 0.15) is 11.9 Å². The van der Waals surface area contributed by atoms with Crippen LogP contribution in [-0.2, 0) is 11.3 Å². The van der Waals surface area contributed by atoms with Gasteiger partial charge in [-0.2, -0.15) is 0 Å². The fourth-order valence-corrected chi connectivity index (χ4v) is 2.65. The number of hydrogen-bond acceptors (Lipinski definition) is 4. The summed E-state index contributed by atoms with van der Waals surface area (Å²) in [6.45, 7) is 4.96. The van der Waals surface area contributed by atoms with Gasteiger partial charge < -0.3 is 26.4 Å². The summed E-state index contributed by atoms with van der Waals surface area (Å²) in [5.74, 6) is 0.570. The number of ether oxygens (including phenoxy) is 1. The fraction of sp³-hybridized carbons (Fsp3) is 0.318. The number of rotatable bonds is 9. The van der Waals surface area contributed by atoms with Gasteiger partial charge in [-0.25, -0.2) is 0 Å². The second-order valence-corrected chi connectivity index (χ2v) is 6.90. The molecule has 2 aromatic carbocycles. The van der Waals surface area contributed by atoms with Crippen molar-refractivity contribution in [1.82, 2.24) is 16.0 Å². The number of benzene rings is 2. The summed E-state index contributed by atoms with van der Waals surface area (Å²) in [6.07, 6.45) is -0.0384. The van der Waals surface area contributed by atoms with Gasteiger partial charge in [0.15, 0.2) is 5.96 Å². The third kappa shape index (κ3) is 9.69. The first-order valence-electron chi connectivity index (χ1n) is 9.70. The van der Waals surface area contributed by atoms with E-state index in [1.165, 1.54) is 0 Å². The van der Waals surface area contributed by atoms with Gasteiger partial charge in [-0.1, -0.05) is 24.3 Å². The summed E-state index contributed by atoms with van der Waals surface area (Å²) >= 11 is 0. The van der Waals surface area contributed by atoms with E-state index in [-0.39, 0.29) is 42.5 Å². The zero-order valence-corrected chi connectivity index (χ0v) is 20.3. The third-order valence-electron chi connectivity index (χ3n) is 4.21. The molecule has 0 aliphatic rings. The molecule has 0 aliphatic heterocycles. The van der Waals surface area contributed by atoms with Crippen molar-refractivity contribution >= 4 is 41.8 Å². The maximum absolute atomic E-state index is 11.9. The van der Waals surface area contributed by atoms with Crippen LogP contribution in [0.1, 0.15) is 28.4 Å². The molecule has 0 fully saturated rings. The van der Waals surface area contributed by atoms with E-state index >= 15 is 0 Å². The van der Waals surface area contributed by atoms with Crippen molar-refractivity contribution in [2.45, 2.75) is 26.5 Å². The van der Waals surface area contributed by atoms with Crippen LogP contribution in [-0.4, -0.2) is 44.0 Å². The molecule has 8 nitrogen and oxygen atoms in total. The van der Waals surface area contributed by atoms with Crippen LogP contribution in [0.25, 0.3) is 0 Å².